The number of aryl methyl sites for hydroxylation is 1. The van der Waals surface area contributed by atoms with Gasteiger partial charge in [0.05, 0.1) is 5.52 Å². The molecule has 1 aromatic carbocycles. The Labute approximate surface area is 109 Å². The number of nitrogens with zero attached hydrogens (tertiary/aromatic N) is 2. The number of benzene rings is 1. The van der Waals surface area contributed by atoms with Gasteiger partial charge < -0.3 is 0 Å². The first-order chi connectivity index (χ1) is 7.11. The van der Waals surface area contributed by atoms with E-state index in [1.165, 1.54) is 0 Å². The second-order valence-electron chi connectivity index (χ2n) is 3.07. The molecule has 0 atom stereocenters. The average Bonchev–Trinajstić information content (AvgIpc) is 2.19. The van der Waals surface area contributed by atoms with Crippen LogP contribution in [0.25, 0.3) is 10.9 Å². The molecule has 2 nitrogen and oxygen atoms in total. The number of hydrogen-bond acceptors (Lipinski definition) is 2. The normalized spacial score (nSPS) is 10.9. The van der Waals surface area contributed by atoms with E-state index in [2.05, 4.69) is 41.8 Å². The molecule has 0 aliphatic carbocycles. The molecule has 15 heavy (non-hydrogen) atoms. The van der Waals surface area contributed by atoms with Gasteiger partial charge in [-0.05, 0) is 28.1 Å². The summed E-state index contributed by atoms with van der Waals surface area (Å²) in [4.78, 5) is 8.65. The van der Waals surface area contributed by atoms with Crippen LogP contribution >= 0.6 is 43.5 Å². The van der Waals surface area contributed by atoms with Gasteiger partial charge in [0.25, 0.3) is 0 Å². The molecule has 0 spiro atoms. The van der Waals surface area contributed by atoms with E-state index in [9.17, 15) is 0 Å². The Hall–Kier alpha value is -0.190. The molecular formula is C10H7Br2ClN2. The van der Waals surface area contributed by atoms with E-state index in [-0.39, 0.29) is 0 Å². The predicted octanol–water partition coefficient (Wildman–Crippen LogP) is 4.37. The van der Waals surface area contributed by atoms with Gasteiger partial charge in [-0.15, -0.1) is 0 Å². The molecule has 0 fully saturated rings. The Balaban J connectivity index is 2.85. The van der Waals surface area contributed by atoms with Crippen molar-refractivity contribution in [1.29, 1.82) is 0 Å². The van der Waals surface area contributed by atoms with Crippen LogP contribution < -0.4 is 0 Å². The number of rotatable bonds is 1. The lowest BCUT2D eigenvalue weighted by Crippen LogP contribution is -1.95. The molecule has 2 aromatic rings. The van der Waals surface area contributed by atoms with E-state index in [0.29, 0.717) is 5.15 Å². The Bertz CT molecular complexity index is 528. The maximum atomic E-state index is 6.09. The third-order valence-corrected chi connectivity index (χ3v) is 3.39. The molecule has 0 saturated carbocycles. The van der Waals surface area contributed by atoms with Gasteiger partial charge in [0.15, 0.2) is 0 Å². The molecule has 0 N–H and O–H groups in total. The summed E-state index contributed by atoms with van der Waals surface area (Å²) < 4.78 is 1.88. The monoisotopic (exact) mass is 348 g/mol. The van der Waals surface area contributed by atoms with Crippen LogP contribution in [-0.4, -0.2) is 9.97 Å². The quantitative estimate of drug-likeness (QED) is 0.714. The van der Waals surface area contributed by atoms with Crippen LogP contribution in [0.3, 0.4) is 0 Å². The summed E-state index contributed by atoms with van der Waals surface area (Å²) in [7, 11) is 0. The summed E-state index contributed by atoms with van der Waals surface area (Å²) >= 11 is 13.0. The first-order valence-corrected chi connectivity index (χ1v) is 6.39. The van der Waals surface area contributed by atoms with E-state index < -0.39 is 0 Å². The van der Waals surface area contributed by atoms with E-state index in [4.69, 9.17) is 11.6 Å². The zero-order valence-electron chi connectivity index (χ0n) is 7.89. The fourth-order valence-electron chi connectivity index (χ4n) is 1.32. The molecule has 1 heterocycles. The van der Waals surface area contributed by atoms with Gasteiger partial charge in [-0.2, -0.15) is 0 Å². The van der Waals surface area contributed by atoms with E-state index in [1.54, 1.807) is 0 Å². The van der Waals surface area contributed by atoms with Gasteiger partial charge >= 0.3 is 0 Å². The van der Waals surface area contributed by atoms with E-state index in [0.717, 1.165) is 32.1 Å². The minimum atomic E-state index is 0.499. The second-order valence-corrected chi connectivity index (χ2v) is 5.20. The zero-order valence-corrected chi connectivity index (χ0v) is 11.8. The van der Waals surface area contributed by atoms with Crippen molar-refractivity contribution in [3.63, 3.8) is 0 Å². The van der Waals surface area contributed by atoms with Gasteiger partial charge in [0.2, 0.25) is 0 Å². The number of aromatic nitrogens is 2. The highest BCUT2D eigenvalue weighted by Gasteiger charge is 2.08. The summed E-state index contributed by atoms with van der Waals surface area (Å²) in [6, 6.07) is 3.87. The molecule has 0 amide bonds. The van der Waals surface area contributed by atoms with Crippen molar-refractivity contribution in [2.45, 2.75) is 13.3 Å². The van der Waals surface area contributed by atoms with Gasteiger partial charge in [-0.25, -0.2) is 9.97 Å². The number of hydrogen-bond donors (Lipinski definition) is 0. The van der Waals surface area contributed by atoms with E-state index >= 15 is 0 Å². The van der Waals surface area contributed by atoms with E-state index in [1.807, 2.05) is 19.1 Å². The molecule has 2 rings (SSSR count). The molecule has 78 valence electrons. The summed E-state index contributed by atoms with van der Waals surface area (Å²) in [5.41, 5.74) is 0.857. The first kappa shape index (κ1) is 11.3. The molecular weight excluding hydrogens is 343 g/mol. The molecule has 0 aliphatic rings. The smallest absolute Gasteiger partial charge is 0.140 e. The summed E-state index contributed by atoms with van der Waals surface area (Å²) in [6.07, 6.45) is 0.776. The highest BCUT2D eigenvalue weighted by molar-refractivity contribution is 9.11. The van der Waals surface area contributed by atoms with Crippen molar-refractivity contribution in [3.05, 3.63) is 32.1 Å². The standard InChI is InChI=1S/C10H7Br2ClN2/c1-2-8-14-9-6(10(13)15-8)3-5(11)4-7(9)12/h3-4H,2H2,1H3. The van der Waals surface area contributed by atoms with Crippen LogP contribution in [0.4, 0.5) is 0 Å². The Morgan fingerprint density at radius 3 is 2.67 bits per heavy atom. The second kappa shape index (κ2) is 4.36. The average molecular weight is 350 g/mol. The Morgan fingerprint density at radius 2 is 2.00 bits per heavy atom. The molecule has 0 saturated heterocycles. The van der Waals surface area contributed by atoms with Crippen molar-refractivity contribution < 1.29 is 0 Å². The Morgan fingerprint density at radius 1 is 1.27 bits per heavy atom. The fraction of sp³-hybridized carbons (Fsp3) is 0.200. The topological polar surface area (TPSA) is 25.8 Å². The number of fused-ring (bicyclic) bond motifs is 1. The van der Waals surface area contributed by atoms with Crippen molar-refractivity contribution in [1.82, 2.24) is 9.97 Å². The number of halogens is 3. The largest absolute Gasteiger partial charge is 0.232 e. The zero-order chi connectivity index (χ0) is 11.0. The Kier molecular flexibility index (Phi) is 3.28. The molecule has 5 heteroatoms. The lowest BCUT2D eigenvalue weighted by molar-refractivity contribution is 0.960. The molecule has 0 aliphatic heterocycles. The van der Waals surface area contributed by atoms with Gasteiger partial charge in [0, 0.05) is 20.8 Å². The van der Waals surface area contributed by atoms with Crippen molar-refractivity contribution in [2.24, 2.45) is 0 Å². The highest BCUT2D eigenvalue weighted by atomic mass is 79.9. The van der Waals surface area contributed by atoms with Crippen LogP contribution in [0.1, 0.15) is 12.7 Å². The fourth-order valence-corrected chi connectivity index (χ4v) is 2.88. The van der Waals surface area contributed by atoms with Crippen LogP contribution in [0.15, 0.2) is 21.1 Å². The van der Waals surface area contributed by atoms with Crippen LogP contribution in [-0.2, 0) is 6.42 Å². The first-order valence-electron chi connectivity index (χ1n) is 4.43. The van der Waals surface area contributed by atoms with Gasteiger partial charge in [0.1, 0.15) is 11.0 Å². The van der Waals surface area contributed by atoms with Crippen LogP contribution in [0, 0.1) is 0 Å². The summed E-state index contributed by atoms with van der Waals surface area (Å²) in [6.45, 7) is 2.00. The van der Waals surface area contributed by atoms with Crippen molar-refractivity contribution in [2.75, 3.05) is 0 Å². The third-order valence-electron chi connectivity index (χ3n) is 2.03. The molecule has 1 aromatic heterocycles. The SMILES string of the molecule is CCc1nc(Cl)c2cc(Br)cc(Br)c2n1. The summed E-state index contributed by atoms with van der Waals surface area (Å²) in [5, 5.41) is 1.36. The molecule has 0 bridgehead atoms. The maximum Gasteiger partial charge on any atom is 0.140 e. The highest BCUT2D eigenvalue weighted by Crippen LogP contribution is 2.30. The maximum absolute atomic E-state index is 6.09. The van der Waals surface area contributed by atoms with Gasteiger partial charge in [-0.1, -0.05) is 34.5 Å². The molecule has 0 radical (unpaired) electrons. The van der Waals surface area contributed by atoms with Crippen molar-refractivity contribution in [3.8, 4) is 0 Å². The lowest BCUT2D eigenvalue weighted by Gasteiger charge is -2.05. The minimum Gasteiger partial charge on any atom is -0.232 e. The molecule has 0 unspecified atom stereocenters. The lowest BCUT2D eigenvalue weighted by atomic mass is 10.2. The summed E-state index contributed by atoms with van der Waals surface area (Å²) in [5.74, 6) is 0.760. The minimum absolute atomic E-state index is 0.499. The van der Waals surface area contributed by atoms with Crippen LogP contribution in [0.2, 0.25) is 5.15 Å². The van der Waals surface area contributed by atoms with Crippen molar-refractivity contribution >= 4 is 54.4 Å². The van der Waals surface area contributed by atoms with Gasteiger partial charge in [-0.3, -0.25) is 0 Å². The predicted molar refractivity (Wildman–Crippen MR) is 69.3 cm³/mol. The van der Waals surface area contributed by atoms with Crippen LogP contribution in [0.5, 0.6) is 0 Å². The third kappa shape index (κ3) is 2.17.